The zero-order chi connectivity index (χ0) is 86.8. The Morgan fingerprint density at radius 2 is 0.724 bits per heavy atom. The summed E-state index contributed by atoms with van der Waals surface area (Å²) in [5.41, 5.74) is 8.02. The highest BCUT2D eigenvalue weighted by molar-refractivity contribution is 15.0. The molecular weight excluding hydrogens is 1890 g/mol. The molecule has 0 N–H and O–H groups in total. The van der Waals surface area contributed by atoms with Crippen molar-refractivity contribution in [2.45, 2.75) is 304 Å². The first-order valence-corrected chi connectivity index (χ1v) is 52.1. The third kappa shape index (κ3) is 14.1. The summed E-state index contributed by atoms with van der Waals surface area (Å²) in [7, 11) is 0. The van der Waals surface area contributed by atoms with Crippen molar-refractivity contribution in [2.24, 2.45) is 102 Å². The van der Waals surface area contributed by atoms with E-state index in [9.17, 15) is 57.5 Å². The lowest BCUT2D eigenvalue weighted by atomic mass is 9.47. The van der Waals surface area contributed by atoms with Gasteiger partial charge in [-0.3, -0.25) is 57.5 Å². The van der Waals surface area contributed by atoms with Crippen LogP contribution in [0.1, 0.15) is 286 Å². The molecule has 5 heterocycles. The number of fused-ring (bicyclic) bond motifs is 24. The highest BCUT2D eigenvalue weighted by atomic mass is 128. The molecule has 11 fully saturated rings. The third-order valence-corrected chi connectivity index (χ3v) is 37.2. The van der Waals surface area contributed by atoms with E-state index in [4.69, 9.17) is 23.4 Å². The lowest BCUT2D eigenvalue weighted by Gasteiger charge is -2.56. The number of carbonyl (C=O) groups is 12. The van der Waals surface area contributed by atoms with Crippen molar-refractivity contribution in [3.63, 3.8) is 0 Å². The summed E-state index contributed by atoms with van der Waals surface area (Å²) in [6, 6.07) is 4.20. The zero-order valence-electron chi connectivity index (χ0n) is 73.6. The fraction of sp³-hybridized carbons (Fsp3) is 0.631. The van der Waals surface area contributed by atoms with Crippen LogP contribution < -0.4 is 0 Å². The van der Waals surface area contributed by atoms with E-state index < -0.39 is 11.2 Å². The van der Waals surface area contributed by atoms with E-state index in [0.29, 0.717) is 87.9 Å². The normalized spacial score (nSPS) is 43.0. The highest BCUT2D eigenvalue weighted by Crippen LogP contribution is 2.75. The Hall–Kier alpha value is -6.15. The Balaban J connectivity index is 0.000000121. The van der Waals surface area contributed by atoms with Crippen LogP contribution in [-0.2, 0) is 76.5 Å². The first-order chi connectivity index (χ1) is 57.8. The minimum Gasteiger partial charge on any atom is -0.466 e. The molecule has 23 atom stereocenters. The molecule has 20 heteroatoms. The van der Waals surface area contributed by atoms with Gasteiger partial charge in [0.15, 0.2) is 46.3 Å². The number of furan rings is 1. The number of ketones is 8. The molecule has 4 saturated heterocycles. The third-order valence-electron chi connectivity index (χ3n) is 37.2. The van der Waals surface area contributed by atoms with Gasteiger partial charge in [-0.1, -0.05) is 131 Å². The molecule has 658 valence electrons. The maximum atomic E-state index is 13.4. The average Bonchev–Trinajstić information content (AvgIpc) is 1.58. The van der Waals surface area contributed by atoms with Gasteiger partial charge in [0.25, 0.3) is 0 Å². The lowest BCUT2D eigenvalue weighted by Crippen LogP contribution is -2.53. The minimum absolute atomic E-state index is 0. The molecule has 1 aromatic heterocycles. The monoisotopic (exact) mass is 2010 g/mol. The van der Waals surface area contributed by atoms with Crippen molar-refractivity contribution in [3.8, 4) is 0 Å². The van der Waals surface area contributed by atoms with Crippen LogP contribution in [0.4, 0.5) is 0 Å². The molecule has 0 aromatic carbocycles. The summed E-state index contributed by atoms with van der Waals surface area (Å²) in [6.45, 7) is 23.3. The van der Waals surface area contributed by atoms with Crippen LogP contribution in [-0.4, -0.2) is 92.5 Å². The summed E-state index contributed by atoms with van der Waals surface area (Å²) in [6.07, 6.45) is 51.5. The number of ether oxygens (including phenoxy) is 4. The molecule has 1 aromatic rings. The molecule has 7 saturated carbocycles. The van der Waals surface area contributed by atoms with Gasteiger partial charge in [-0.25, -0.2) is 0 Å². The van der Waals surface area contributed by atoms with Crippen molar-refractivity contribution in [1.29, 1.82) is 0 Å². The van der Waals surface area contributed by atoms with Gasteiger partial charge < -0.3 is 23.4 Å². The number of rotatable bonds is 7. The molecule has 21 rings (SSSR count). The van der Waals surface area contributed by atoms with Gasteiger partial charge in [0.1, 0.15) is 33.9 Å². The molecule has 4 spiro atoms. The quantitative estimate of drug-likeness (QED) is 0.0808. The second kappa shape index (κ2) is 32.5. The molecule has 4 aliphatic heterocycles. The number of hydrogen-bond donors (Lipinski definition) is 0. The van der Waals surface area contributed by atoms with E-state index in [2.05, 4.69) is 141 Å². The number of esters is 4. The predicted octanol–water partition coefficient (Wildman–Crippen LogP) is 21.4. The van der Waals surface area contributed by atoms with E-state index >= 15 is 0 Å². The van der Waals surface area contributed by atoms with E-state index in [1.54, 1.807) is 12.2 Å². The first-order valence-electron chi connectivity index (χ1n) is 45.8. The summed E-state index contributed by atoms with van der Waals surface area (Å²) in [4.78, 5) is 147. The van der Waals surface area contributed by atoms with Crippen molar-refractivity contribution in [1.82, 2.24) is 0 Å². The highest BCUT2D eigenvalue weighted by Gasteiger charge is 2.72. The molecular formula is C103H123I3O17. The SMILES string of the molecule is CC(=O)/C=C/C(=O)[C@@H]1CC2=CC(=O)CC[C@]2(C)C2=CC[C@@]3(C)[C@@H](CC[C@@]34CCC(=O)O4)[C@@H]21.CC(=O)/C=C\C(=O)[C@@H]1CC2=CC(=O)CC[C@]2(C)C2=CC[C@@]3(C)[C@@H](CC[C@@]34CCC(=O)O4)[C@@H]21.C[C@]12CCC(=O)C=C1C=CC1C2=CC[C@@]2(C)C1CC[C@@]21CCC(=O)O1.Cc1ccc([C@@H]2CC3=CC(=O)CC[C@]3(C)C3=CC[C@@]4(C)[C@@H](CC[C@@]45CCC(=O)O5)[C@@H]32)o1.I.II. The second-order valence-corrected chi connectivity index (χ2v) is 42.4. The van der Waals surface area contributed by atoms with Crippen molar-refractivity contribution >= 4 is 131 Å². The number of allylic oxidation sites excluding steroid dienone is 22. The van der Waals surface area contributed by atoms with E-state index in [1.165, 1.54) is 71.6 Å². The number of hydrogen-bond acceptors (Lipinski definition) is 17. The van der Waals surface area contributed by atoms with Crippen LogP contribution in [0, 0.1) is 109 Å². The topological polar surface area (TPSA) is 255 Å². The number of carbonyl (C=O) groups excluding carboxylic acids is 12. The van der Waals surface area contributed by atoms with Gasteiger partial charge in [-0.05, 0) is 276 Å². The largest absolute Gasteiger partial charge is 0.466 e. The van der Waals surface area contributed by atoms with Crippen LogP contribution in [0.15, 0.2) is 146 Å². The summed E-state index contributed by atoms with van der Waals surface area (Å²) in [5.74, 6) is 4.19. The molecule has 16 aliphatic carbocycles. The van der Waals surface area contributed by atoms with Crippen LogP contribution in [0.5, 0.6) is 0 Å². The zero-order valence-corrected chi connectivity index (χ0v) is 80.3. The van der Waals surface area contributed by atoms with Crippen LogP contribution in [0.2, 0.25) is 0 Å². The van der Waals surface area contributed by atoms with Crippen molar-refractivity contribution in [3.05, 3.63) is 153 Å². The van der Waals surface area contributed by atoms with Gasteiger partial charge in [0, 0.05) is 156 Å². The molecule has 0 radical (unpaired) electrons. The lowest BCUT2D eigenvalue weighted by molar-refractivity contribution is -0.162. The van der Waals surface area contributed by atoms with Crippen molar-refractivity contribution in [2.75, 3.05) is 0 Å². The molecule has 0 bridgehead atoms. The van der Waals surface area contributed by atoms with E-state index in [-0.39, 0.29) is 190 Å². The first kappa shape index (κ1) is 90.2. The summed E-state index contributed by atoms with van der Waals surface area (Å²) >= 11 is 4.24. The average molecular weight is 2010 g/mol. The molecule has 0 amide bonds. The Bertz CT molecular complexity index is 4940. The number of halogens is 3. The Morgan fingerprint density at radius 1 is 0.390 bits per heavy atom. The fourth-order valence-corrected chi connectivity index (χ4v) is 30.2. The fourth-order valence-electron chi connectivity index (χ4n) is 30.2. The van der Waals surface area contributed by atoms with E-state index in [0.717, 1.165) is 158 Å². The van der Waals surface area contributed by atoms with Gasteiger partial charge >= 0.3 is 23.9 Å². The minimum atomic E-state index is -0.431. The van der Waals surface area contributed by atoms with Crippen LogP contribution in [0.25, 0.3) is 0 Å². The maximum Gasteiger partial charge on any atom is 0.306 e. The molecule has 2 unspecified atom stereocenters. The Morgan fingerprint density at radius 3 is 1.08 bits per heavy atom. The molecule has 17 nitrogen and oxygen atoms in total. The van der Waals surface area contributed by atoms with E-state index in [1.807, 2.05) is 19.1 Å². The Labute approximate surface area is 765 Å². The Kier molecular flexibility index (Phi) is 23.8. The van der Waals surface area contributed by atoms with Gasteiger partial charge in [-0.2, -0.15) is 0 Å². The van der Waals surface area contributed by atoms with Gasteiger partial charge in [-0.15, -0.1) is 24.0 Å². The smallest absolute Gasteiger partial charge is 0.306 e. The van der Waals surface area contributed by atoms with Gasteiger partial charge in [0.2, 0.25) is 0 Å². The molecule has 20 aliphatic rings. The maximum absolute atomic E-state index is 13.4. The second-order valence-electron chi connectivity index (χ2n) is 42.4. The van der Waals surface area contributed by atoms with Crippen LogP contribution in [0.3, 0.4) is 0 Å². The van der Waals surface area contributed by atoms with Crippen LogP contribution >= 0.6 is 61.2 Å². The van der Waals surface area contributed by atoms with Gasteiger partial charge in [0.05, 0.1) is 0 Å². The van der Waals surface area contributed by atoms with Crippen molar-refractivity contribution < 1.29 is 80.9 Å². The summed E-state index contributed by atoms with van der Waals surface area (Å²) < 4.78 is 30.3. The standard InChI is InChI=1S/2C27H32O5.C27H32O4.C22H26O3.I2.HI/c2*1-16(28)4-5-22(30)19-15-17-14-18(29)6-10-25(17,2)20-7-11-26(3)21(24(19)20)8-12-27(26)13-9-23(31)32-27;1-16-4-5-22(30-16)19-15-17-14-18(28)6-10-25(17,2)20-7-11-26(3)21(24(19)20)8-12-27(26)13-9-23(29)31-27;1-20-9-5-15(23)13-14(20)3-4-16-17(20)6-10-21(2)18(16)7-11-22(21)12-8-19(24)25-22;1-2;/h2*4-5,7,14,19,21,24H,6,8-13,15H2,1-3H3;4-5,7,14,19,21,24H,6,8-13,15H2,1-3H3;3-4,6,13,16,18H,5,7-12H2,1-2H3;;1H/b5-4+;5-4-;;;;/t3*19-,21-,24+,25-,26-,27+;16?,18?,20-,21-,22+;;/m0000../s1. The predicted molar refractivity (Wildman–Crippen MR) is 491 cm³/mol. The number of aryl methyl sites for hydroxylation is 1. The molecule has 123 heavy (non-hydrogen) atoms. The summed E-state index contributed by atoms with van der Waals surface area (Å²) in [5, 5.41) is 0.